The molecular weight excluding hydrogens is 318 g/mol. The summed E-state index contributed by atoms with van der Waals surface area (Å²) in [7, 11) is 0. The molecule has 1 rings (SSSR count). The molecule has 0 radical (unpaired) electrons. The predicted molar refractivity (Wildman–Crippen MR) is 50.6 cm³/mol. The Labute approximate surface area is 101 Å². The number of hydrogen-bond donors (Lipinski definition) is 0. The van der Waals surface area contributed by atoms with Gasteiger partial charge in [0.1, 0.15) is 11.3 Å². The molecule has 96 valence electrons. The Bertz CT molecular complexity index is 423. The van der Waals surface area contributed by atoms with Crippen molar-refractivity contribution in [3.05, 3.63) is 27.7 Å². The third kappa shape index (κ3) is 3.52. The number of halogens is 7. The third-order valence-corrected chi connectivity index (χ3v) is 2.47. The van der Waals surface area contributed by atoms with E-state index in [9.17, 15) is 26.3 Å². The van der Waals surface area contributed by atoms with Gasteiger partial charge in [-0.15, -0.1) is 13.2 Å². The zero-order valence-corrected chi connectivity index (χ0v) is 9.79. The maximum Gasteiger partial charge on any atom is 0.573 e. The summed E-state index contributed by atoms with van der Waals surface area (Å²) < 4.78 is 76.7. The second kappa shape index (κ2) is 4.40. The third-order valence-electron chi connectivity index (χ3n) is 1.80. The lowest BCUT2D eigenvalue weighted by Crippen LogP contribution is -2.21. The molecule has 8 heteroatoms. The standard InChI is InChI=1S/C9H5BrF6O/c1-4-2-3-5(10)6(8(11,12)13)7(4)17-9(14,15)16/h2-3H,1H3. The van der Waals surface area contributed by atoms with E-state index in [0.717, 1.165) is 19.1 Å². The van der Waals surface area contributed by atoms with E-state index in [1.165, 1.54) is 0 Å². The van der Waals surface area contributed by atoms with Gasteiger partial charge in [-0.25, -0.2) is 0 Å². The summed E-state index contributed by atoms with van der Waals surface area (Å²) in [5.41, 5.74) is -1.73. The van der Waals surface area contributed by atoms with E-state index in [0.29, 0.717) is 0 Å². The van der Waals surface area contributed by atoms with E-state index in [1.54, 1.807) is 0 Å². The molecular formula is C9H5BrF6O. The lowest BCUT2D eigenvalue weighted by Gasteiger charge is -2.18. The van der Waals surface area contributed by atoms with Crippen LogP contribution in [0.4, 0.5) is 26.3 Å². The van der Waals surface area contributed by atoms with Crippen molar-refractivity contribution in [1.29, 1.82) is 0 Å². The van der Waals surface area contributed by atoms with Crippen LogP contribution in [-0.2, 0) is 6.18 Å². The van der Waals surface area contributed by atoms with Crippen LogP contribution in [0.3, 0.4) is 0 Å². The minimum atomic E-state index is -5.18. The Morgan fingerprint density at radius 2 is 1.59 bits per heavy atom. The molecule has 0 saturated heterocycles. The van der Waals surface area contributed by atoms with Crippen LogP contribution >= 0.6 is 15.9 Å². The highest BCUT2D eigenvalue weighted by molar-refractivity contribution is 9.10. The highest BCUT2D eigenvalue weighted by Crippen LogP contribution is 2.44. The summed E-state index contributed by atoms with van der Waals surface area (Å²) in [6, 6.07) is 2.11. The maximum atomic E-state index is 12.6. The van der Waals surface area contributed by atoms with Crippen molar-refractivity contribution < 1.29 is 31.1 Å². The smallest absolute Gasteiger partial charge is 0.405 e. The number of benzene rings is 1. The lowest BCUT2D eigenvalue weighted by atomic mass is 10.1. The Morgan fingerprint density at radius 1 is 1.06 bits per heavy atom. The molecule has 0 bridgehead atoms. The molecule has 1 aromatic carbocycles. The number of hydrogen-bond acceptors (Lipinski definition) is 1. The molecule has 0 aliphatic rings. The summed E-state index contributed by atoms with van der Waals surface area (Å²) in [4.78, 5) is 0. The van der Waals surface area contributed by atoms with E-state index in [2.05, 4.69) is 20.7 Å². The van der Waals surface area contributed by atoms with Crippen LogP contribution in [0.15, 0.2) is 16.6 Å². The van der Waals surface area contributed by atoms with Crippen molar-refractivity contribution in [2.75, 3.05) is 0 Å². The average Bonchev–Trinajstić information content (AvgIpc) is 2.06. The first-order chi connectivity index (χ1) is 7.52. The molecule has 17 heavy (non-hydrogen) atoms. The highest BCUT2D eigenvalue weighted by atomic mass is 79.9. The van der Waals surface area contributed by atoms with Crippen molar-refractivity contribution in [1.82, 2.24) is 0 Å². The zero-order chi connectivity index (χ0) is 13.4. The largest absolute Gasteiger partial charge is 0.573 e. The summed E-state index contributed by atoms with van der Waals surface area (Å²) in [5.74, 6) is -1.24. The summed E-state index contributed by atoms with van der Waals surface area (Å²) in [6.45, 7) is 1.10. The van der Waals surface area contributed by atoms with Gasteiger partial charge in [-0.2, -0.15) is 13.2 Å². The highest BCUT2D eigenvalue weighted by Gasteiger charge is 2.41. The minimum absolute atomic E-state index is 0.252. The number of alkyl halides is 6. The quantitative estimate of drug-likeness (QED) is 0.682. The molecule has 0 atom stereocenters. The second-order valence-electron chi connectivity index (χ2n) is 3.11. The van der Waals surface area contributed by atoms with E-state index in [4.69, 9.17) is 0 Å². The predicted octanol–water partition coefficient (Wildman–Crippen LogP) is 4.67. The van der Waals surface area contributed by atoms with Gasteiger partial charge in [0, 0.05) is 4.47 Å². The molecule has 0 amide bonds. The summed E-state index contributed by atoms with van der Waals surface area (Å²) >= 11 is 2.56. The van der Waals surface area contributed by atoms with Crippen molar-refractivity contribution in [3.63, 3.8) is 0 Å². The van der Waals surface area contributed by atoms with Gasteiger partial charge in [0.2, 0.25) is 0 Å². The Balaban J connectivity index is 3.41. The normalized spacial score (nSPS) is 12.7. The SMILES string of the molecule is Cc1ccc(Br)c(C(F)(F)F)c1OC(F)(F)F. The fraction of sp³-hybridized carbons (Fsp3) is 0.333. The monoisotopic (exact) mass is 322 g/mol. The van der Waals surface area contributed by atoms with Gasteiger partial charge in [-0.1, -0.05) is 22.0 Å². The molecule has 0 spiro atoms. The number of ether oxygens (including phenoxy) is 1. The number of aryl methyl sites for hydroxylation is 1. The topological polar surface area (TPSA) is 9.23 Å². The fourth-order valence-electron chi connectivity index (χ4n) is 1.17. The molecule has 1 aromatic rings. The van der Waals surface area contributed by atoms with E-state index in [1.807, 2.05) is 0 Å². The van der Waals surface area contributed by atoms with Gasteiger partial charge in [0.15, 0.2) is 0 Å². The van der Waals surface area contributed by atoms with Crippen molar-refractivity contribution >= 4 is 15.9 Å². The van der Waals surface area contributed by atoms with Crippen LogP contribution in [0.5, 0.6) is 5.75 Å². The van der Waals surface area contributed by atoms with Gasteiger partial charge in [0.05, 0.1) is 0 Å². The summed E-state index contributed by atoms with van der Waals surface area (Å²) in [6.07, 6.45) is -10.1. The van der Waals surface area contributed by atoms with Crippen molar-refractivity contribution in [2.24, 2.45) is 0 Å². The van der Waals surface area contributed by atoms with E-state index >= 15 is 0 Å². The Hall–Kier alpha value is -0.920. The van der Waals surface area contributed by atoms with Gasteiger partial charge in [-0.3, -0.25) is 0 Å². The van der Waals surface area contributed by atoms with Gasteiger partial charge >= 0.3 is 12.5 Å². The van der Waals surface area contributed by atoms with Gasteiger partial charge in [0.25, 0.3) is 0 Å². The van der Waals surface area contributed by atoms with Crippen LogP contribution in [0, 0.1) is 6.92 Å². The molecule has 0 aliphatic heterocycles. The first-order valence-corrected chi connectivity index (χ1v) is 4.93. The number of rotatable bonds is 1. The van der Waals surface area contributed by atoms with Crippen LogP contribution in [-0.4, -0.2) is 6.36 Å². The first-order valence-electron chi connectivity index (χ1n) is 4.14. The maximum absolute atomic E-state index is 12.6. The van der Waals surface area contributed by atoms with E-state index < -0.39 is 28.3 Å². The molecule has 0 saturated carbocycles. The van der Waals surface area contributed by atoms with Crippen LogP contribution in [0.25, 0.3) is 0 Å². The molecule has 0 aromatic heterocycles. The Kier molecular flexibility index (Phi) is 3.66. The molecule has 0 heterocycles. The van der Waals surface area contributed by atoms with E-state index in [-0.39, 0.29) is 5.56 Å². The average molecular weight is 323 g/mol. The van der Waals surface area contributed by atoms with Gasteiger partial charge in [-0.05, 0) is 18.6 Å². The second-order valence-corrected chi connectivity index (χ2v) is 3.97. The molecule has 0 N–H and O–H groups in total. The molecule has 0 unspecified atom stereocenters. The molecule has 0 fully saturated rings. The Morgan fingerprint density at radius 3 is 2.00 bits per heavy atom. The molecule has 0 aliphatic carbocycles. The van der Waals surface area contributed by atoms with Crippen LogP contribution in [0.2, 0.25) is 0 Å². The zero-order valence-electron chi connectivity index (χ0n) is 8.21. The fourth-order valence-corrected chi connectivity index (χ4v) is 1.71. The van der Waals surface area contributed by atoms with Gasteiger partial charge < -0.3 is 4.74 Å². The van der Waals surface area contributed by atoms with Crippen LogP contribution < -0.4 is 4.74 Å². The first kappa shape index (κ1) is 14.1. The minimum Gasteiger partial charge on any atom is -0.405 e. The van der Waals surface area contributed by atoms with Crippen molar-refractivity contribution in [2.45, 2.75) is 19.5 Å². The molecule has 1 nitrogen and oxygen atoms in total. The van der Waals surface area contributed by atoms with Crippen molar-refractivity contribution in [3.8, 4) is 5.75 Å². The lowest BCUT2D eigenvalue weighted by molar-refractivity contribution is -0.276. The van der Waals surface area contributed by atoms with Crippen LogP contribution in [0.1, 0.15) is 11.1 Å². The summed E-state index contributed by atoms with van der Waals surface area (Å²) in [5, 5.41) is 0.